The lowest BCUT2D eigenvalue weighted by Gasteiger charge is -2.21. The first-order chi connectivity index (χ1) is 6.85. The molecule has 0 heterocycles. The van der Waals surface area contributed by atoms with Crippen LogP contribution in [0.5, 0.6) is 0 Å². The number of carboxylic acid groups (broad SMARTS) is 1. The fourth-order valence-corrected chi connectivity index (χ4v) is 3.37. The first-order valence-corrected chi connectivity index (χ1v) is 6.47. The van der Waals surface area contributed by atoms with Crippen molar-refractivity contribution in [3.05, 3.63) is 0 Å². The molecule has 0 aromatic heterocycles. The maximum atomic E-state index is 11.0. The van der Waals surface area contributed by atoms with E-state index >= 15 is 0 Å². The SMILES string of the molecule is CC(C)C(C)SC1CCC(N)(C(=O)O)C1. The molecule has 0 spiro atoms. The third kappa shape index (κ3) is 3.11. The Morgan fingerprint density at radius 3 is 2.53 bits per heavy atom. The lowest BCUT2D eigenvalue weighted by molar-refractivity contribution is -0.143. The molecule has 0 aromatic rings. The minimum Gasteiger partial charge on any atom is -0.480 e. The van der Waals surface area contributed by atoms with Crippen LogP contribution >= 0.6 is 11.8 Å². The minimum atomic E-state index is -0.964. The number of aliphatic carboxylic acids is 1. The van der Waals surface area contributed by atoms with Gasteiger partial charge in [-0.15, -0.1) is 0 Å². The van der Waals surface area contributed by atoms with E-state index in [1.807, 2.05) is 11.8 Å². The molecule has 0 radical (unpaired) electrons. The van der Waals surface area contributed by atoms with Crippen LogP contribution in [0.15, 0.2) is 0 Å². The van der Waals surface area contributed by atoms with Gasteiger partial charge in [-0.1, -0.05) is 20.8 Å². The summed E-state index contributed by atoms with van der Waals surface area (Å²) in [7, 11) is 0. The number of carbonyl (C=O) groups is 1. The first kappa shape index (κ1) is 12.8. The zero-order valence-electron chi connectivity index (χ0n) is 9.69. The molecule has 0 saturated heterocycles. The molecular weight excluding hydrogens is 210 g/mol. The van der Waals surface area contributed by atoms with Gasteiger partial charge >= 0.3 is 5.97 Å². The highest BCUT2D eigenvalue weighted by Crippen LogP contribution is 2.38. The first-order valence-electron chi connectivity index (χ1n) is 5.53. The highest BCUT2D eigenvalue weighted by Gasteiger charge is 2.42. The molecule has 0 bridgehead atoms. The Morgan fingerprint density at radius 2 is 2.13 bits per heavy atom. The number of hydrogen-bond donors (Lipinski definition) is 2. The summed E-state index contributed by atoms with van der Waals surface area (Å²) in [6.07, 6.45) is 2.17. The summed E-state index contributed by atoms with van der Waals surface area (Å²) in [5, 5.41) is 9.99. The normalized spacial score (nSPS) is 33.3. The zero-order chi connectivity index (χ0) is 11.6. The molecule has 15 heavy (non-hydrogen) atoms. The van der Waals surface area contributed by atoms with Gasteiger partial charge in [0.25, 0.3) is 0 Å². The summed E-state index contributed by atoms with van der Waals surface area (Å²) in [4.78, 5) is 11.0. The Bertz CT molecular complexity index is 245. The second kappa shape index (κ2) is 4.74. The largest absolute Gasteiger partial charge is 0.480 e. The highest BCUT2D eigenvalue weighted by atomic mass is 32.2. The lowest BCUT2D eigenvalue weighted by Crippen LogP contribution is -2.45. The average molecular weight is 231 g/mol. The molecule has 3 unspecified atom stereocenters. The van der Waals surface area contributed by atoms with Crippen molar-refractivity contribution in [3.8, 4) is 0 Å². The van der Waals surface area contributed by atoms with Gasteiger partial charge in [0.05, 0.1) is 0 Å². The fourth-order valence-electron chi connectivity index (χ4n) is 1.80. The number of nitrogens with two attached hydrogens (primary N) is 1. The van der Waals surface area contributed by atoms with Crippen molar-refractivity contribution in [2.24, 2.45) is 11.7 Å². The molecule has 1 aliphatic rings. The van der Waals surface area contributed by atoms with Gasteiger partial charge in [0.1, 0.15) is 5.54 Å². The number of rotatable bonds is 4. The van der Waals surface area contributed by atoms with Crippen molar-refractivity contribution in [1.29, 1.82) is 0 Å². The molecule has 88 valence electrons. The van der Waals surface area contributed by atoms with Crippen LogP contribution in [0.25, 0.3) is 0 Å². The van der Waals surface area contributed by atoms with E-state index in [1.54, 1.807) is 0 Å². The van der Waals surface area contributed by atoms with E-state index in [4.69, 9.17) is 10.8 Å². The molecule has 3 N–H and O–H groups in total. The third-order valence-electron chi connectivity index (χ3n) is 3.28. The second-order valence-electron chi connectivity index (χ2n) is 4.91. The molecule has 1 rings (SSSR count). The van der Waals surface area contributed by atoms with Gasteiger partial charge in [-0.25, -0.2) is 0 Å². The van der Waals surface area contributed by atoms with E-state index in [-0.39, 0.29) is 0 Å². The molecule has 0 aromatic carbocycles. The van der Waals surface area contributed by atoms with Gasteiger partial charge < -0.3 is 10.8 Å². The van der Waals surface area contributed by atoms with Crippen LogP contribution in [-0.4, -0.2) is 27.1 Å². The van der Waals surface area contributed by atoms with Crippen molar-refractivity contribution < 1.29 is 9.90 Å². The van der Waals surface area contributed by atoms with Crippen molar-refractivity contribution in [3.63, 3.8) is 0 Å². The Kier molecular flexibility index (Phi) is 4.06. The minimum absolute atomic E-state index is 0.420. The maximum absolute atomic E-state index is 11.0. The van der Waals surface area contributed by atoms with E-state index in [2.05, 4.69) is 20.8 Å². The summed E-state index contributed by atoms with van der Waals surface area (Å²) in [6, 6.07) is 0. The molecule has 4 heteroatoms. The zero-order valence-corrected chi connectivity index (χ0v) is 10.5. The van der Waals surface area contributed by atoms with E-state index in [1.165, 1.54) is 0 Å². The van der Waals surface area contributed by atoms with Gasteiger partial charge in [0, 0.05) is 10.5 Å². The molecule has 3 nitrogen and oxygen atoms in total. The maximum Gasteiger partial charge on any atom is 0.323 e. The van der Waals surface area contributed by atoms with E-state index in [0.717, 1.165) is 6.42 Å². The predicted molar refractivity (Wildman–Crippen MR) is 64.1 cm³/mol. The quantitative estimate of drug-likeness (QED) is 0.777. The van der Waals surface area contributed by atoms with Crippen molar-refractivity contribution in [1.82, 2.24) is 0 Å². The monoisotopic (exact) mass is 231 g/mol. The number of thioether (sulfide) groups is 1. The molecule has 3 atom stereocenters. The molecule has 1 saturated carbocycles. The highest BCUT2D eigenvalue weighted by molar-refractivity contribution is 8.00. The van der Waals surface area contributed by atoms with Crippen LogP contribution in [0.4, 0.5) is 0 Å². The fraction of sp³-hybridized carbons (Fsp3) is 0.909. The van der Waals surface area contributed by atoms with Crippen molar-refractivity contribution in [2.45, 2.75) is 56.1 Å². The molecule has 0 aliphatic heterocycles. The van der Waals surface area contributed by atoms with Crippen LogP contribution in [0.2, 0.25) is 0 Å². The smallest absolute Gasteiger partial charge is 0.323 e. The predicted octanol–water partition coefficient (Wildman–Crippen LogP) is 2.10. The van der Waals surface area contributed by atoms with Crippen LogP contribution < -0.4 is 5.73 Å². The van der Waals surface area contributed by atoms with Crippen LogP contribution in [0, 0.1) is 5.92 Å². The summed E-state index contributed by atoms with van der Waals surface area (Å²) in [5.74, 6) is -0.213. The summed E-state index contributed by atoms with van der Waals surface area (Å²) in [5.41, 5.74) is 4.87. The van der Waals surface area contributed by atoms with Gasteiger partial charge in [0.15, 0.2) is 0 Å². The molecule has 1 fully saturated rings. The van der Waals surface area contributed by atoms with Gasteiger partial charge in [-0.3, -0.25) is 4.79 Å². The van der Waals surface area contributed by atoms with E-state index < -0.39 is 11.5 Å². The topological polar surface area (TPSA) is 63.3 Å². The molecule has 0 amide bonds. The van der Waals surface area contributed by atoms with E-state index in [9.17, 15) is 4.79 Å². The van der Waals surface area contributed by atoms with Crippen molar-refractivity contribution >= 4 is 17.7 Å². The Hall–Kier alpha value is -0.220. The lowest BCUT2D eigenvalue weighted by atomic mass is 10.0. The Morgan fingerprint density at radius 1 is 1.53 bits per heavy atom. The third-order valence-corrected chi connectivity index (χ3v) is 5.04. The summed E-state index contributed by atoms with van der Waals surface area (Å²) in [6.45, 7) is 6.59. The second-order valence-corrected chi connectivity index (χ2v) is 6.59. The summed E-state index contributed by atoms with van der Waals surface area (Å²) < 4.78 is 0. The van der Waals surface area contributed by atoms with Crippen LogP contribution in [0.1, 0.15) is 40.0 Å². The van der Waals surface area contributed by atoms with E-state index in [0.29, 0.717) is 29.3 Å². The van der Waals surface area contributed by atoms with Crippen molar-refractivity contribution in [2.75, 3.05) is 0 Å². The van der Waals surface area contributed by atoms with Gasteiger partial charge in [-0.05, 0) is 25.2 Å². The Labute approximate surface area is 95.8 Å². The molecular formula is C11H21NO2S. The van der Waals surface area contributed by atoms with Crippen LogP contribution in [0.3, 0.4) is 0 Å². The number of carboxylic acids is 1. The van der Waals surface area contributed by atoms with Gasteiger partial charge in [0.2, 0.25) is 0 Å². The summed E-state index contributed by atoms with van der Waals surface area (Å²) >= 11 is 1.89. The standard InChI is InChI=1S/C11H21NO2S/c1-7(2)8(3)15-9-4-5-11(12,6-9)10(13)14/h7-9H,4-6,12H2,1-3H3,(H,13,14). The van der Waals surface area contributed by atoms with Crippen LogP contribution in [-0.2, 0) is 4.79 Å². The Balaban J connectivity index is 2.47. The molecule has 1 aliphatic carbocycles. The average Bonchev–Trinajstić information content (AvgIpc) is 2.48. The number of hydrogen-bond acceptors (Lipinski definition) is 3. The van der Waals surface area contributed by atoms with Gasteiger partial charge in [-0.2, -0.15) is 11.8 Å².